The molecular formula is C17H19N3O2S. The Hall–Kier alpha value is -2.21. The zero-order valence-corrected chi connectivity index (χ0v) is 14.3. The molecule has 0 saturated carbocycles. The zero-order valence-electron chi connectivity index (χ0n) is 13.5. The van der Waals surface area contributed by atoms with Crippen molar-refractivity contribution in [3.8, 4) is 0 Å². The molecule has 2 aromatic heterocycles. The molecule has 0 atom stereocenters. The van der Waals surface area contributed by atoms with Crippen LogP contribution in [0.1, 0.15) is 46.5 Å². The second-order valence-electron chi connectivity index (χ2n) is 5.37. The first-order chi connectivity index (χ1) is 11.1. The van der Waals surface area contributed by atoms with E-state index in [-0.39, 0.29) is 5.91 Å². The van der Waals surface area contributed by atoms with Crippen LogP contribution in [-0.4, -0.2) is 15.9 Å². The summed E-state index contributed by atoms with van der Waals surface area (Å²) < 4.78 is 5.58. The summed E-state index contributed by atoms with van der Waals surface area (Å²) in [6.07, 6.45) is 2.68. The predicted octanol–water partition coefficient (Wildman–Crippen LogP) is 4.36. The van der Waals surface area contributed by atoms with E-state index in [0.29, 0.717) is 16.5 Å². The number of amides is 1. The number of nitrogens with one attached hydrogen (secondary N) is 1. The largest absolute Gasteiger partial charge is 0.441 e. The molecule has 0 radical (unpaired) electrons. The standard InChI is InChI=1S/C17H19N3O2S/c1-4-6-15-18-10(3)16(23-15)17(21)19-11-7-8-13-12(9-11)20-14(5-2)22-13/h7-9H,4-6H2,1-3H3,(H,19,21). The van der Waals surface area contributed by atoms with E-state index in [1.54, 1.807) is 0 Å². The second-order valence-corrected chi connectivity index (χ2v) is 6.45. The molecule has 6 heteroatoms. The third-order valence-electron chi connectivity index (χ3n) is 3.50. The van der Waals surface area contributed by atoms with Crippen LogP contribution in [0.15, 0.2) is 22.6 Å². The van der Waals surface area contributed by atoms with Gasteiger partial charge in [0, 0.05) is 12.1 Å². The number of rotatable bonds is 5. The van der Waals surface area contributed by atoms with E-state index >= 15 is 0 Å². The van der Waals surface area contributed by atoms with Gasteiger partial charge in [0.2, 0.25) is 0 Å². The number of fused-ring (bicyclic) bond motifs is 1. The topological polar surface area (TPSA) is 68.0 Å². The van der Waals surface area contributed by atoms with Gasteiger partial charge < -0.3 is 9.73 Å². The first-order valence-electron chi connectivity index (χ1n) is 7.77. The summed E-state index contributed by atoms with van der Waals surface area (Å²) in [6.45, 7) is 5.97. The van der Waals surface area contributed by atoms with Crippen molar-refractivity contribution < 1.29 is 9.21 Å². The van der Waals surface area contributed by atoms with E-state index in [2.05, 4.69) is 22.2 Å². The maximum atomic E-state index is 12.5. The molecule has 120 valence electrons. The minimum absolute atomic E-state index is 0.124. The first kappa shape index (κ1) is 15.7. The Balaban J connectivity index is 1.82. The molecule has 0 aliphatic carbocycles. The van der Waals surface area contributed by atoms with Crippen molar-refractivity contribution in [1.29, 1.82) is 0 Å². The molecule has 0 aliphatic heterocycles. The molecule has 3 aromatic rings. The number of thiazole rings is 1. The number of benzene rings is 1. The van der Waals surface area contributed by atoms with E-state index in [9.17, 15) is 4.79 Å². The molecule has 5 nitrogen and oxygen atoms in total. The Morgan fingerprint density at radius 1 is 1.30 bits per heavy atom. The van der Waals surface area contributed by atoms with Gasteiger partial charge in [0.05, 0.1) is 10.7 Å². The van der Waals surface area contributed by atoms with Gasteiger partial charge in [-0.15, -0.1) is 11.3 Å². The Labute approximate surface area is 138 Å². The van der Waals surface area contributed by atoms with Crippen molar-refractivity contribution in [2.75, 3.05) is 5.32 Å². The maximum absolute atomic E-state index is 12.5. The Kier molecular flexibility index (Phi) is 4.43. The molecule has 0 aliphatic rings. The third-order valence-corrected chi connectivity index (χ3v) is 4.72. The maximum Gasteiger partial charge on any atom is 0.267 e. The molecule has 0 spiro atoms. The quantitative estimate of drug-likeness (QED) is 0.755. The number of nitrogens with zero attached hydrogens (tertiary/aromatic N) is 2. The Morgan fingerprint density at radius 3 is 2.87 bits per heavy atom. The van der Waals surface area contributed by atoms with Gasteiger partial charge in [0.25, 0.3) is 5.91 Å². The lowest BCUT2D eigenvalue weighted by Gasteiger charge is -2.03. The average molecular weight is 329 g/mol. The Morgan fingerprint density at radius 2 is 2.13 bits per heavy atom. The van der Waals surface area contributed by atoms with Crippen LogP contribution < -0.4 is 5.32 Å². The number of anilines is 1. The SMILES string of the molecule is CCCc1nc(C)c(C(=O)Nc2ccc3oc(CC)nc3c2)s1. The Bertz CT molecular complexity index is 851. The van der Waals surface area contributed by atoms with Gasteiger partial charge >= 0.3 is 0 Å². The van der Waals surface area contributed by atoms with Gasteiger partial charge in [-0.25, -0.2) is 9.97 Å². The van der Waals surface area contributed by atoms with Gasteiger partial charge in [0.15, 0.2) is 11.5 Å². The van der Waals surface area contributed by atoms with Crippen molar-refractivity contribution in [1.82, 2.24) is 9.97 Å². The van der Waals surface area contributed by atoms with E-state index in [4.69, 9.17) is 4.42 Å². The van der Waals surface area contributed by atoms with Gasteiger partial charge in [-0.1, -0.05) is 13.8 Å². The highest BCUT2D eigenvalue weighted by atomic mass is 32.1. The van der Waals surface area contributed by atoms with E-state index in [1.165, 1.54) is 11.3 Å². The molecule has 0 saturated heterocycles. The fourth-order valence-corrected chi connectivity index (χ4v) is 3.44. The van der Waals surface area contributed by atoms with Crippen molar-refractivity contribution >= 4 is 34.0 Å². The van der Waals surface area contributed by atoms with Gasteiger partial charge in [-0.2, -0.15) is 0 Å². The highest BCUT2D eigenvalue weighted by Gasteiger charge is 2.15. The van der Waals surface area contributed by atoms with Crippen LogP contribution >= 0.6 is 11.3 Å². The second kappa shape index (κ2) is 6.50. The number of oxazole rings is 1. The van der Waals surface area contributed by atoms with Crippen LogP contribution in [0.4, 0.5) is 5.69 Å². The van der Waals surface area contributed by atoms with Crippen LogP contribution in [0.2, 0.25) is 0 Å². The van der Waals surface area contributed by atoms with Crippen LogP contribution in [-0.2, 0) is 12.8 Å². The van der Waals surface area contributed by atoms with Crippen molar-refractivity contribution in [2.45, 2.75) is 40.0 Å². The molecule has 2 heterocycles. The lowest BCUT2D eigenvalue weighted by Crippen LogP contribution is -2.11. The van der Waals surface area contributed by atoms with Gasteiger partial charge in [-0.3, -0.25) is 4.79 Å². The molecule has 1 aromatic carbocycles. The van der Waals surface area contributed by atoms with Crippen LogP contribution in [0.25, 0.3) is 11.1 Å². The smallest absolute Gasteiger partial charge is 0.267 e. The summed E-state index contributed by atoms with van der Waals surface area (Å²) in [6, 6.07) is 5.49. The molecule has 1 N–H and O–H groups in total. The third kappa shape index (κ3) is 3.27. The lowest BCUT2D eigenvalue weighted by molar-refractivity contribution is 0.103. The number of carbonyl (C=O) groups is 1. The van der Waals surface area contributed by atoms with Gasteiger partial charge in [-0.05, 0) is 38.0 Å². The number of carbonyl (C=O) groups excluding carboxylic acids is 1. The average Bonchev–Trinajstić information content (AvgIpc) is 3.10. The minimum Gasteiger partial charge on any atom is -0.441 e. The summed E-state index contributed by atoms with van der Waals surface area (Å²) in [7, 11) is 0. The predicted molar refractivity (Wildman–Crippen MR) is 92.2 cm³/mol. The van der Waals surface area contributed by atoms with Crippen molar-refractivity contribution in [2.24, 2.45) is 0 Å². The highest BCUT2D eigenvalue weighted by Crippen LogP contribution is 2.23. The summed E-state index contributed by atoms with van der Waals surface area (Å²) in [5, 5.41) is 3.93. The number of hydrogen-bond acceptors (Lipinski definition) is 5. The van der Waals surface area contributed by atoms with Crippen LogP contribution in [0.5, 0.6) is 0 Å². The summed E-state index contributed by atoms with van der Waals surface area (Å²) >= 11 is 1.47. The molecular weight excluding hydrogens is 310 g/mol. The fraction of sp³-hybridized carbons (Fsp3) is 0.353. The number of hydrogen-bond donors (Lipinski definition) is 1. The van der Waals surface area contributed by atoms with E-state index < -0.39 is 0 Å². The van der Waals surface area contributed by atoms with E-state index in [0.717, 1.165) is 41.1 Å². The highest BCUT2D eigenvalue weighted by molar-refractivity contribution is 7.13. The molecule has 0 bridgehead atoms. The summed E-state index contributed by atoms with van der Waals surface area (Å²) in [5.41, 5.74) is 2.99. The summed E-state index contributed by atoms with van der Waals surface area (Å²) in [4.78, 5) is 22.0. The number of aromatic nitrogens is 2. The number of aryl methyl sites for hydroxylation is 3. The molecule has 23 heavy (non-hydrogen) atoms. The lowest BCUT2D eigenvalue weighted by atomic mass is 10.2. The fourth-order valence-electron chi connectivity index (χ4n) is 2.38. The molecule has 3 rings (SSSR count). The van der Waals surface area contributed by atoms with Crippen molar-refractivity contribution in [3.63, 3.8) is 0 Å². The van der Waals surface area contributed by atoms with Gasteiger partial charge in [0.1, 0.15) is 10.4 Å². The minimum atomic E-state index is -0.124. The monoisotopic (exact) mass is 329 g/mol. The first-order valence-corrected chi connectivity index (χ1v) is 8.59. The molecule has 0 fully saturated rings. The zero-order chi connectivity index (χ0) is 16.4. The molecule has 0 unspecified atom stereocenters. The van der Waals surface area contributed by atoms with Crippen molar-refractivity contribution in [3.05, 3.63) is 39.7 Å². The van der Waals surface area contributed by atoms with Crippen LogP contribution in [0, 0.1) is 6.92 Å². The summed E-state index contributed by atoms with van der Waals surface area (Å²) in [5.74, 6) is 0.576. The molecule has 1 amide bonds. The van der Waals surface area contributed by atoms with Crippen LogP contribution in [0.3, 0.4) is 0 Å². The normalized spacial score (nSPS) is 11.1. The van der Waals surface area contributed by atoms with E-state index in [1.807, 2.05) is 32.0 Å².